The summed E-state index contributed by atoms with van der Waals surface area (Å²) < 4.78 is 0.521. The molecule has 0 spiro atoms. The molecule has 2 unspecified atom stereocenters. The fourth-order valence-corrected chi connectivity index (χ4v) is 4.61. The van der Waals surface area contributed by atoms with Gasteiger partial charge in [-0.1, -0.05) is 29.8 Å². The maximum Gasteiger partial charge on any atom is 0.0755 e. The van der Waals surface area contributed by atoms with E-state index in [1.165, 1.54) is 11.1 Å². The summed E-state index contributed by atoms with van der Waals surface area (Å²) in [5.74, 6) is 1.07. The highest BCUT2D eigenvalue weighted by molar-refractivity contribution is 8.19. The normalized spacial score (nSPS) is 26.7. The topological polar surface area (TPSA) is 20.2 Å². The third-order valence-electron chi connectivity index (χ3n) is 2.30. The van der Waals surface area contributed by atoms with Gasteiger partial charge >= 0.3 is 0 Å². The van der Waals surface area contributed by atoms with Crippen LogP contribution < -0.4 is 0 Å². The summed E-state index contributed by atoms with van der Waals surface area (Å²) in [5.41, 5.74) is 2.68. The van der Waals surface area contributed by atoms with Gasteiger partial charge in [-0.2, -0.15) is 0 Å². The summed E-state index contributed by atoms with van der Waals surface area (Å²) >= 11 is 3.82. The first-order chi connectivity index (χ1) is 6.79. The Labute approximate surface area is 93.3 Å². The molecule has 1 aliphatic rings. The fourth-order valence-electron chi connectivity index (χ4n) is 1.44. The van der Waals surface area contributed by atoms with E-state index in [0.29, 0.717) is 16.4 Å². The Morgan fingerprint density at radius 3 is 2.64 bits per heavy atom. The van der Waals surface area contributed by atoms with E-state index in [4.69, 9.17) is 5.11 Å². The van der Waals surface area contributed by atoms with Crippen LogP contribution in [0.2, 0.25) is 0 Å². The quantitative estimate of drug-likeness (QED) is 0.837. The van der Waals surface area contributed by atoms with Gasteiger partial charge in [0, 0.05) is 11.0 Å². The van der Waals surface area contributed by atoms with Crippen molar-refractivity contribution in [1.82, 2.24) is 0 Å². The van der Waals surface area contributed by atoms with Crippen LogP contribution >= 0.6 is 23.5 Å². The minimum absolute atomic E-state index is 0.306. The molecular weight excluding hydrogens is 212 g/mol. The third-order valence-corrected chi connectivity index (χ3v) is 5.65. The number of rotatable bonds is 2. The molecular formula is C11H14OS2. The van der Waals surface area contributed by atoms with E-state index in [9.17, 15) is 0 Å². The van der Waals surface area contributed by atoms with Gasteiger partial charge in [-0.05, 0) is 12.5 Å². The molecule has 1 N–H and O–H groups in total. The van der Waals surface area contributed by atoms with Crippen molar-refractivity contribution in [3.05, 3.63) is 35.4 Å². The first-order valence-corrected chi connectivity index (χ1v) is 6.73. The number of benzene rings is 1. The van der Waals surface area contributed by atoms with E-state index < -0.39 is 0 Å². The molecule has 1 aromatic carbocycles. The van der Waals surface area contributed by atoms with Crippen LogP contribution in [0.1, 0.15) is 15.7 Å². The van der Waals surface area contributed by atoms with Gasteiger partial charge in [0.1, 0.15) is 0 Å². The zero-order valence-corrected chi connectivity index (χ0v) is 9.78. The molecule has 0 aliphatic carbocycles. The molecule has 1 aromatic rings. The molecule has 2 atom stereocenters. The molecule has 14 heavy (non-hydrogen) atoms. The highest BCUT2D eigenvalue weighted by Gasteiger charge is 2.26. The Morgan fingerprint density at radius 1 is 1.36 bits per heavy atom. The number of aryl methyl sites for hydroxylation is 1. The van der Waals surface area contributed by atoms with E-state index in [1.54, 1.807) is 0 Å². The van der Waals surface area contributed by atoms with Gasteiger partial charge in [-0.15, -0.1) is 23.5 Å². The zero-order chi connectivity index (χ0) is 9.97. The Balaban J connectivity index is 2.06. The summed E-state index contributed by atoms with van der Waals surface area (Å²) in [6, 6.07) is 8.70. The first-order valence-electron chi connectivity index (χ1n) is 4.74. The molecule has 0 amide bonds. The van der Waals surface area contributed by atoms with Crippen LogP contribution in [-0.2, 0) is 0 Å². The molecule has 0 bridgehead atoms. The van der Waals surface area contributed by atoms with Gasteiger partial charge in [0.15, 0.2) is 0 Å². The molecule has 1 heterocycles. The lowest BCUT2D eigenvalue weighted by atomic mass is 10.2. The van der Waals surface area contributed by atoms with E-state index in [2.05, 4.69) is 31.2 Å². The average Bonchev–Trinajstić information content (AvgIpc) is 2.67. The number of thioether (sulfide) groups is 2. The van der Waals surface area contributed by atoms with Crippen LogP contribution in [0.4, 0.5) is 0 Å². The summed E-state index contributed by atoms with van der Waals surface area (Å²) in [6.07, 6.45) is 0. The molecule has 0 aromatic heterocycles. The maximum atomic E-state index is 9.04. The monoisotopic (exact) mass is 226 g/mol. The molecule has 0 radical (unpaired) electrons. The van der Waals surface area contributed by atoms with Crippen molar-refractivity contribution in [3.8, 4) is 0 Å². The van der Waals surface area contributed by atoms with Crippen LogP contribution in [0.5, 0.6) is 0 Å². The smallest absolute Gasteiger partial charge is 0.0755 e. The summed E-state index contributed by atoms with van der Waals surface area (Å²) in [5, 5.41) is 9.46. The Kier molecular flexibility index (Phi) is 3.42. The second-order valence-electron chi connectivity index (χ2n) is 3.52. The molecule has 3 heteroatoms. The lowest BCUT2D eigenvalue weighted by molar-refractivity contribution is 0.301. The lowest BCUT2D eigenvalue weighted by Gasteiger charge is -2.09. The largest absolute Gasteiger partial charge is 0.395 e. The van der Waals surface area contributed by atoms with E-state index >= 15 is 0 Å². The van der Waals surface area contributed by atoms with Gasteiger partial charge in [0.2, 0.25) is 0 Å². The fraction of sp³-hybridized carbons (Fsp3) is 0.455. The molecule has 76 valence electrons. The Bertz CT molecular complexity index is 297. The average molecular weight is 226 g/mol. The van der Waals surface area contributed by atoms with Crippen LogP contribution in [0.15, 0.2) is 24.3 Å². The predicted octanol–water partition coefficient (Wildman–Crippen LogP) is 2.83. The van der Waals surface area contributed by atoms with Crippen LogP contribution in [0.3, 0.4) is 0 Å². The highest BCUT2D eigenvalue weighted by Crippen LogP contribution is 2.48. The van der Waals surface area contributed by atoms with Crippen molar-refractivity contribution >= 4 is 23.5 Å². The van der Waals surface area contributed by atoms with Gasteiger partial charge in [-0.25, -0.2) is 0 Å². The molecule has 2 rings (SSSR count). The summed E-state index contributed by atoms with van der Waals surface area (Å²) in [7, 11) is 0. The van der Waals surface area contributed by atoms with Gasteiger partial charge < -0.3 is 5.11 Å². The predicted molar refractivity (Wildman–Crippen MR) is 64.8 cm³/mol. The SMILES string of the molecule is Cc1ccc(C2SCC(CO)S2)cc1. The summed E-state index contributed by atoms with van der Waals surface area (Å²) in [4.78, 5) is 0. The second-order valence-corrected chi connectivity index (χ2v) is 6.36. The van der Waals surface area contributed by atoms with Crippen molar-refractivity contribution in [2.75, 3.05) is 12.4 Å². The Morgan fingerprint density at radius 2 is 2.07 bits per heavy atom. The lowest BCUT2D eigenvalue weighted by Crippen LogP contribution is -2.05. The van der Waals surface area contributed by atoms with Gasteiger partial charge in [0.25, 0.3) is 0 Å². The standard InChI is InChI=1S/C11H14OS2/c1-8-2-4-9(5-3-8)11-13-7-10(6-12)14-11/h2-5,10-12H,6-7H2,1H3. The van der Waals surface area contributed by atoms with E-state index in [-0.39, 0.29) is 0 Å². The third kappa shape index (κ3) is 2.27. The van der Waals surface area contributed by atoms with Crippen LogP contribution in [0, 0.1) is 6.92 Å². The summed E-state index contributed by atoms with van der Waals surface area (Å²) in [6.45, 7) is 2.41. The van der Waals surface area contributed by atoms with Gasteiger partial charge in [0.05, 0.1) is 11.2 Å². The first kappa shape index (κ1) is 10.4. The van der Waals surface area contributed by atoms with E-state index in [1.807, 2.05) is 23.5 Å². The highest BCUT2D eigenvalue weighted by atomic mass is 32.2. The van der Waals surface area contributed by atoms with Crippen LogP contribution in [0.25, 0.3) is 0 Å². The number of hydrogen-bond donors (Lipinski definition) is 1. The Hall–Kier alpha value is -0.120. The van der Waals surface area contributed by atoms with Crippen LogP contribution in [-0.4, -0.2) is 22.7 Å². The molecule has 0 saturated carbocycles. The minimum Gasteiger partial charge on any atom is -0.395 e. The maximum absolute atomic E-state index is 9.04. The molecule has 1 saturated heterocycles. The minimum atomic E-state index is 0.306. The van der Waals surface area contributed by atoms with Crippen molar-refractivity contribution in [1.29, 1.82) is 0 Å². The van der Waals surface area contributed by atoms with E-state index in [0.717, 1.165) is 5.75 Å². The molecule has 1 fully saturated rings. The van der Waals surface area contributed by atoms with Crippen molar-refractivity contribution in [3.63, 3.8) is 0 Å². The number of hydrogen-bond acceptors (Lipinski definition) is 3. The molecule has 1 nitrogen and oxygen atoms in total. The molecule has 1 aliphatic heterocycles. The zero-order valence-electron chi connectivity index (χ0n) is 8.14. The van der Waals surface area contributed by atoms with Crippen molar-refractivity contribution in [2.24, 2.45) is 0 Å². The van der Waals surface area contributed by atoms with Crippen molar-refractivity contribution in [2.45, 2.75) is 16.8 Å². The van der Waals surface area contributed by atoms with Gasteiger partial charge in [-0.3, -0.25) is 0 Å². The number of aliphatic hydroxyl groups is 1. The van der Waals surface area contributed by atoms with Crippen molar-refractivity contribution < 1.29 is 5.11 Å². The number of aliphatic hydroxyl groups excluding tert-OH is 1. The second kappa shape index (κ2) is 4.60.